The molecule has 4 nitrogen and oxygen atoms in total. The van der Waals surface area contributed by atoms with E-state index in [1.807, 2.05) is 0 Å². The van der Waals surface area contributed by atoms with Gasteiger partial charge in [0.05, 0.1) is 6.42 Å². The van der Waals surface area contributed by atoms with Crippen LogP contribution in [-0.2, 0) is 4.79 Å². The third-order valence-electron chi connectivity index (χ3n) is 4.03. The molecule has 0 amide bonds. The molecule has 3 rings (SSSR count). The molecule has 2 atom stereocenters. The molecule has 0 unspecified atom stereocenters. The minimum atomic E-state index is -1.45. The first kappa shape index (κ1) is 16.0. The normalized spacial score (nSPS) is 23.3. The summed E-state index contributed by atoms with van der Waals surface area (Å²) in [5, 5.41) is 11.8. The predicted octanol–water partition coefficient (Wildman–Crippen LogP) is 2.54. The largest absolute Gasteiger partial charge is 0.481 e. The summed E-state index contributed by atoms with van der Waals surface area (Å²) in [7, 11) is 0. The smallest absolute Gasteiger partial charge is 0.309 e. The predicted molar refractivity (Wildman–Crippen MR) is 75.5 cm³/mol. The van der Waals surface area contributed by atoms with Crippen molar-refractivity contribution in [3.63, 3.8) is 0 Å². The van der Waals surface area contributed by atoms with E-state index in [4.69, 9.17) is 5.11 Å². The molecule has 0 radical (unpaired) electrons. The summed E-state index contributed by atoms with van der Waals surface area (Å²) in [6.45, 7) is 0.0797. The van der Waals surface area contributed by atoms with E-state index in [-0.39, 0.29) is 25.5 Å². The number of nitrogens with one attached hydrogen (secondary N) is 1. The number of hydrogen-bond donors (Lipinski definition) is 3. The maximum absolute atomic E-state index is 13.9. The standard InChI is InChI=1S/C14H12F4N2O2S/c15-6-2-7(16)13(18)11(12(6)17)5-1-9-8(3-10(21)22)19-14(23)20(9)4-5/h2,5,14,19,23H,1,3-4H2,(H,21,22)/t5-,14+/m0/s1. The van der Waals surface area contributed by atoms with Crippen molar-refractivity contribution in [2.24, 2.45) is 0 Å². The average Bonchev–Trinajstić information content (AvgIpc) is 2.99. The Kier molecular flexibility index (Phi) is 3.91. The number of hydrogen-bond acceptors (Lipinski definition) is 4. The van der Waals surface area contributed by atoms with E-state index in [2.05, 4.69) is 17.9 Å². The van der Waals surface area contributed by atoms with E-state index >= 15 is 0 Å². The van der Waals surface area contributed by atoms with Crippen LogP contribution >= 0.6 is 12.6 Å². The fourth-order valence-corrected chi connectivity index (χ4v) is 3.46. The molecule has 1 fully saturated rings. The molecule has 2 N–H and O–H groups in total. The molecule has 1 saturated heterocycles. The monoisotopic (exact) mass is 348 g/mol. The maximum atomic E-state index is 13.9. The lowest BCUT2D eigenvalue weighted by Crippen LogP contribution is -2.32. The molecule has 0 aromatic heterocycles. The van der Waals surface area contributed by atoms with Crippen molar-refractivity contribution in [2.75, 3.05) is 6.54 Å². The van der Waals surface area contributed by atoms with Gasteiger partial charge in [0.15, 0.2) is 23.3 Å². The van der Waals surface area contributed by atoms with Crippen molar-refractivity contribution in [2.45, 2.75) is 24.3 Å². The second-order valence-electron chi connectivity index (χ2n) is 5.45. The number of thiol groups is 1. The van der Waals surface area contributed by atoms with Crippen LogP contribution in [0.25, 0.3) is 0 Å². The Morgan fingerprint density at radius 2 is 1.91 bits per heavy atom. The Labute approximate surface area is 134 Å². The molecule has 0 bridgehead atoms. The molecule has 2 heterocycles. The first-order chi connectivity index (χ1) is 10.8. The Bertz CT molecular complexity index is 699. The van der Waals surface area contributed by atoms with Gasteiger partial charge in [0, 0.05) is 35.5 Å². The van der Waals surface area contributed by atoms with Gasteiger partial charge in [0.2, 0.25) is 0 Å². The minimum Gasteiger partial charge on any atom is -0.481 e. The highest BCUT2D eigenvalue weighted by molar-refractivity contribution is 7.80. The Balaban J connectivity index is 1.99. The van der Waals surface area contributed by atoms with Gasteiger partial charge in [-0.05, 0) is 6.42 Å². The molecule has 124 valence electrons. The van der Waals surface area contributed by atoms with Crippen LogP contribution in [0.4, 0.5) is 17.6 Å². The number of nitrogens with zero attached hydrogens (tertiary/aromatic N) is 1. The number of fused-ring (bicyclic) bond motifs is 1. The summed E-state index contributed by atoms with van der Waals surface area (Å²) in [5.74, 6) is -7.63. The molecule has 23 heavy (non-hydrogen) atoms. The summed E-state index contributed by atoms with van der Waals surface area (Å²) < 4.78 is 54.6. The van der Waals surface area contributed by atoms with Crippen molar-refractivity contribution < 1.29 is 27.5 Å². The number of rotatable bonds is 3. The summed E-state index contributed by atoms with van der Waals surface area (Å²) in [6.07, 6.45) is -0.221. The van der Waals surface area contributed by atoms with Crippen LogP contribution in [0.5, 0.6) is 0 Å². The molecule has 2 aliphatic rings. The SMILES string of the molecule is O=C(O)CC1=C2C[C@H](c3c(F)c(F)cc(F)c3F)CN2[C@H](S)N1. The Hall–Kier alpha value is -1.90. The Morgan fingerprint density at radius 1 is 1.30 bits per heavy atom. The number of halogens is 4. The van der Waals surface area contributed by atoms with Crippen molar-refractivity contribution in [3.05, 3.63) is 46.3 Å². The van der Waals surface area contributed by atoms with Gasteiger partial charge in [-0.3, -0.25) is 4.79 Å². The lowest BCUT2D eigenvalue weighted by atomic mass is 9.95. The first-order valence-corrected chi connectivity index (χ1v) is 7.29. The highest BCUT2D eigenvalue weighted by Gasteiger charge is 2.41. The zero-order valence-corrected chi connectivity index (χ0v) is 12.5. The molecule has 0 saturated carbocycles. The lowest BCUT2D eigenvalue weighted by molar-refractivity contribution is -0.136. The van der Waals surface area contributed by atoms with Crippen LogP contribution in [0.3, 0.4) is 0 Å². The van der Waals surface area contributed by atoms with Crippen LogP contribution in [0.2, 0.25) is 0 Å². The van der Waals surface area contributed by atoms with E-state index in [1.54, 1.807) is 4.90 Å². The highest BCUT2D eigenvalue weighted by Crippen LogP contribution is 2.42. The summed E-state index contributed by atoms with van der Waals surface area (Å²) in [6, 6.07) is 0.169. The molecule has 1 aromatic carbocycles. The number of carboxylic acids is 1. The van der Waals surface area contributed by atoms with E-state index in [1.165, 1.54) is 0 Å². The van der Waals surface area contributed by atoms with Crippen LogP contribution in [-0.4, -0.2) is 28.0 Å². The van der Waals surface area contributed by atoms with Gasteiger partial charge in [-0.25, -0.2) is 17.6 Å². The van der Waals surface area contributed by atoms with Gasteiger partial charge < -0.3 is 15.3 Å². The van der Waals surface area contributed by atoms with Crippen LogP contribution < -0.4 is 5.32 Å². The Morgan fingerprint density at radius 3 is 2.48 bits per heavy atom. The van der Waals surface area contributed by atoms with Crippen molar-refractivity contribution in [1.29, 1.82) is 0 Å². The molecular formula is C14H12F4N2O2S. The molecule has 9 heteroatoms. The third kappa shape index (κ3) is 2.62. The number of allylic oxidation sites excluding steroid dienone is 1. The van der Waals surface area contributed by atoms with Gasteiger partial charge in [0.25, 0.3) is 0 Å². The molecule has 0 aliphatic carbocycles. The summed E-state index contributed by atoms with van der Waals surface area (Å²) in [5.41, 5.74) is -0.271. The first-order valence-electron chi connectivity index (χ1n) is 6.77. The van der Waals surface area contributed by atoms with Gasteiger partial charge in [-0.2, -0.15) is 0 Å². The van der Waals surface area contributed by atoms with Gasteiger partial charge in [0.1, 0.15) is 5.50 Å². The average molecular weight is 348 g/mol. The zero-order chi connectivity index (χ0) is 16.9. The molecule has 2 aliphatic heterocycles. The van der Waals surface area contributed by atoms with Crippen LogP contribution in [0.15, 0.2) is 17.5 Å². The van der Waals surface area contributed by atoms with E-state index in [9.17, 15) is 22.4 Å². The van der Waals surface area contributed by atoms with Crippen molar-refractivity contribution >= 4 is 18.6 Å². The molecule has 0 spiro atoms. The van der Waals surface area contributed by atoms with Crippen molar-refractivity contribution in [1.82, 2.24) is 10.2 Å². The van der Waals surface area contributed by atoms with Crippen LogP contribution in [0, 0.1) is 23.3 Å². The van der Waals surface area contributed by atoms with E-state index in [0.29, 0.717) is 11.4 Å². The second kappa shape index (κ2) is 5.63. The highest BCUT2D eigenvalue weighted by atomic mass is 32.1. The topological polar surface area (TPSA) is 52.6 Å². The third-order valence-corrected chi connectivity index (χ3v) is 4.44. The zero-order valence-electron chi connectivity index (χ0n) is 11.6. The number of aliphatic carboxylic acids is 1. The maximum Gasteiger partial charge on any atom is 0.309 e. The van der Waals surface area contributed by atoms with Crippen LogP contribution in [0.1, 0.15) is 24.3 Å². The minimum absolute atomic E-state index is 0.0728. The lowest BCUT2D eigenvalue weighted by Gasteiger charge is -2.21. The quantitative estimate of drug-likeness (QED) is 0.446. The second-order valence-corrected chi connectivity index (χ2v) is 5.94. The van der Waals surface area contributed by atoms with Crippen molar-refractivity contribution in [3.8, 4) is 0 Å². The van der Waals surface area contributed by atoms with E-state index in [0.717, 1.165) is 0 Å². The number of carboxylic acid groups (broad SMARTS) is 1. The van der Waals surface area contributed by atoms with Gasteiger partial charge in [-0.15, -0.1) is 12.6 Å². The van der Waals surface area contributed by atoms with E-state index < -0.39 is 46.2 Å². The van der Waals surface area contributed by atoms with Gasteiger partial charge in [-0.1, -0.05) is 0 Å². The molecule has 1 aromatic rings. The summed E-state index contributed by atoms with van der Waals surface area (Å²) in [4.78, 5) is 12.5. The fraction of sp³-hybridized carbons (Fsp3) is 0.357. The fourth-order valence-electron chi connectivity index (χ4n) is 3.07. The molecular weight excluding hydrogens is 336 g/mol. The summed E-state index contributed by atoms with van der Waals surface area (Å²) >= 11 is 4.24. The number of benzene rings is 1. The number of carbonyl (C=O) groups is 1. The van der Waals surface area contributed by atoms with Gasteiger partial charge >= 0.3 is 5.97 Å².